The van der Waals surface area contributed by atoms with Crippen molar-refractivity contribution in [3.8, 4) is 0 Å². The number of benzene rings is 1. The van der Waals surface area contributed by atoms with Crippen molar-refractivity contribution in [1.29, 1.82) is 0 Å². The third-order valence-corrected chi connectivity index (χ3v) is 6.96. The number of piperidine rings is 1. The van der Waals surface area contributed by atoms with Crippen molar-refractivity contribution in [3.63, 3.8) is 0 Å². The van der Waals surface area contributed by atoms with Crippen LogP contribution in [0.15, 0.2) is 36.5 Å². The molecule has 0 amide bonds. The van der Waals surface area contributed by atoms with E-state index in [9.17, 15) is 0 Å². The topological polar surface area (TPSA) is 41.0 Å². The number of hydrogen-bond acceptors (Lipinski definition) is 4. The highest BCUT2D eigenvalue weighted by molar-refractivity contribution is 5.60. The summed E-state index contributed by atoms with van der Waals surface area (Å²) >= 11 is 0. The molecule has 1 unspecified atom stereocenters. The molecule has 2 bridgehead atoms. The van der Waals surface area contributed by atoms with Gasteiger partial charge in [0.15, 0.2) is 5.82 Å². The molecule has 1 aromatic carbocycles. The number of likely N-dealkylation sites (tertiary alicyclic amines) is 1. The van der Waals surface area contributed by atoms with Gasteiger partial charge in [-0.15, -0.1) is 5.10 Å². The Kier molecular flexibility index (Phi) is 3.56. The fourth-order valence-electron chi connectivity index (χ4n) is 5.79. The molecule has 2 aliphatic carbocycles. The summed E-state index contributed by atoms with van der Waals surface area (Å²) in [5, 5.41) is 11.6. The fraction of sp³-hybridized carbons (Fsp3) is 0.524. The summed E-state index contributed by atoms with van der Waals surface area (Å²) < 4.78 is 0. The summed E-state index contributed by atoms with van der Waals surface area (Å²) in [6.07, 6.45) is 9.79. The van der Waals surface area contributed by atoms with Crippen LogP contribution in [0.1, 0.15) is 43.2 Å². The van der Waals surface area contributed by atoms with E-state index in [1.165, 1.54) is 45.1 Å². The van der Waals surface area contributed by atoms with Gasteiger partial charge < -0.3 is 10.2 Å². The first-order chi connectivity index (χ1) is 12.3. The van der Waals surface area contributed by atoms with E-state index in [0.717, 1.165) is 23.5 Å². The molecule has 1 aliphatic heterocycles. The number of rotatable bonds is 2. The maximum absolute atomic E-state index is 4.17. The summed E-state index contributed by atoms with van der Waals surface area (Å²) in [5.41, 5.74) is 4.74. The number of nitrogens with one attached hydrogen (secondary N) is 1. The standard InChI is InChI=1S/C21H26N4/c1-25-12-10-21-9-3-2-5-17(21)19(25)13-15-7-8-16(14-18(15)21)23-20-6-4-11-22-24-20/h4,6-8,11,14,17,19H,2-3,5,9-10,12-13H2,1H3,(H,23,24)/t17-,19+,21?/m0/s1. The van der Waals surface area contributed by atoms with Crippen molar-refractivity contribution in [2.24, 2.45) is 5.92 Å². The molecule has 1 N–H and O–H groups in total. The van der Waals surface area contributed by atoms with Gasteiger partial charge in [0.25, 0.3) is 0 Å². The number of hydrogen-bond donors (Lipinski definition) is 1. The van der Waals surface area contributed by atoms with Gasteiger partial charge in [-0.25, -0.2) is 0 Å². The molecule has 4 heteroatoms. The average Bonchev–Trinajstić information content (AvgIpc) is 2.66. The largest absolute Gasteiger partial charge is 0.339 e. The molecule has 4 nitrogen and oxygen atoms in total. The van der Waals surface area contributed by atoms with Crippen LogP contribution in [-0.2, 0) is 11.8 Å². The van der Waals surface area contributed by atoms with E-state index in [-0.39, 0.29) is 0 Å². The first-order valence-electron chi connectivity index (χ1n) is 9.65. The van der Waals surface area contributed by atoms with Crippen molar-refractivity contribution < 1.29 is 0 Å². The second-order valence-electron chi connectivity index (χ2n) is 8.12. The minimum atomic E-state index is 0.406. The number of nitrogens with zero attached hydrogens (tertiary/aromatic N) is 3. The summed E-state index contributed by atoms with van der Waals surface area (Å²) in [7, 11) is 2.33. The SMILES string of the molecule is CN1CCC23CCCC[C@H]2[C@H]1Cc1ccc(Nc2cccnn2)cc13. The highest BCUT2D eigenvalue weighted by Gasteiger charge is 2.52. The minimum Gasteiger partial charge on any atom is -0.339 e. The lowest BCUT2D eigenvalue weighted by molar-refractivity contribution is 0.00290. The van der Waals surface area contributed by atoms with Crippen LogP contribution in [0.5, 0.6) is 0 Å². The van der Waals surface area contributed by atoms with Gasteiger partial charge in [0.1, 0.15) is 0 Å². The number of fused-ring (bicyclic) bond motifs is 1. The lowest BCUT2D eigenvalue weighted by Gasteiger charge is -2.58. The van der Waals surface area contributed by atoms with E-state index in [0.29, 0.717) is 5.41 Å². The minimum absolute atomic E-state index is 0.406. The Morgan fingerprint density at radius 1 is 1.20 bits per heavy atom. The Morgan fingerprint density at radius 3 is 3.04 bits per heavy atom. The van der Waals surface area contributed by atoms with Crippen LogP contribution in [0, 0.1) is 5.92 Å². The smallest absolute Gasteiger partial charge is 0.153 e. The normalized spacial score (nSPS) is 31.1. The van der Waals surface area contributed by atoms with Gasteiger partial charge in [-0.2, -0.15) is 5.10 Å². The number of anilines is 2. The first-order valence-corrected chi connectivity index (χ1v) is 9.65. The zero-order valence-corrected chi connectivity index (χ0v) is 14.9. The van der Waals surface area contributed by atoms with E-state index in [2.05, 4.69) is 45.7 Å². The van der Waals surface area contributed by atoms with Crippen molar-refractivity contribution in [2.45, 2.75) is 50.0 Å². The molecular formula is C21H26N4. The third-order valence-electron chi connectivity index (χ3n) is 6.96. The Balaban J connectivity index is 1.56. The number of aromatic nitrogens is 2. The van der Waals surface area contributed by atoms with Crippen LogP contribution in [0.4, 0.5) is 11.5 Å². The molecule has 2 heterocycles. The van der Waals surface area contributed by atoms with Crippen molar-refractivity contribution in [2.75, 3.05) is 18.9 Å². The predicted octanol–water partition coefficient (Wildman–Crippen LogP) is 3.91. The molecule has 1 aromatic heterocycles. The Morgan fingerprint density at radius 2 is 2.16 bits per heavy atom. The molecule has 25 heavy (non-hydrogen) atoms. The predicted molar refractivity (Wildman–Crippen MR) is 100 cm³/mol. The lowest BCUT2D eigenvalue weighted by atomic mass is 9.52. The lowest BCUT2D eigenvalue weighted by Crippen LogP contribution is -2.59. The molecule has 3 aliphatic rings. The van der Waals surface area contributed by atoms with Crippen LogP contribution >= 0.6 is 0 Å². The van der Waals surface area contributed by atoms with Crippen LogP contribution < -0.4 is 5.32 Å². The Bertz CT molecular complexity index is 775. The van der Waals surface area contributed by atoms with Gasteiger partial charge in [0.2, 0.25) is 0 Å². The molecular weight excluding hydrogens is 308 g/mol. The second kappa shape index (κ2) is 5.80. The Labute approximate surface area is 149 Å². The van der Waals surface area contributed by atoms with Crippen molar-refractivity contribution in [3.05, 3.63) is 47.7 Å². The fourth-order valence-corrected chi connectivity index (χ4v) is 5.79. The molecule has 5 rings (SSSR count). The monoisotopic (exact) mass is 334 g/mol. The summed E-state index contributed by atoms with van der Waals surface area (Å²) in [6, 6.07) is 11.6. The van der Waals surface area contributed by atoms with Gasteiger partial charge in [-0.3, -0.25) is 0 Å². The van der Waals surface area contributed by atoms with Crippen molar-refractivity contribution >= 4 is 11.5 Å². The van der Waals surface area contributed by atoms with Crippen molar-refractivity contribution in [1.82, 2.24) is 15.1 Å². The molecule has 0 radical (unpaired) electrons. The molecule has 0 spiro atoms. The molecule has 130 valence electrons. The molecule has 3 atom stereocenters. The van der Waals surface area contributed by atoms with E-state index < -0.39 is 0 Å². The average molecular weight is 334 g/mol. The molecule has 2 fully saturated rings. The van der Waals surface area contributed by atoms with Gasteiger partial charge in [0.05, 0.1) is 0 Å². The molecule has 1 saturated carbocycles. The number of likely N-dealkylation sites (N-methyl/N-ethyl adjacent to an activating group) is 1. The quantitative estimate of drug-likeness (QED) is 0.904. The molecule has 1 saturated heterocycles. The maximum Gasteiger partial charge on any atom is 0.153 e. The maximum atomic E-state index is 4.17. The van der Waals surface area contributed by atoms with E-state index in [1.807, 2.05) is 12.1 Å². The highest BCUT2D eigenvalue weighted by Crippen LogP contribution is 2.55. The van der Waals surface area contributed by atoms with Crippen LogP contribution in [0.3, 0.4) is 0 Å². The summed E-state index contributed by atoms with van der Waals surface area (Å²) in [6.45, 7) is 1.24. The van der Waals surface area contributed by atoms with Crippen LogP contribution in [0.2, 0.25) is 0 Å². The highest BCUT2D eigenvalue weighted by atomic mass is 15.2. The Hall–Kier alpha value is -1.94. The van der Waals surface area contributed by atoms with Crippen LogP contribution in [-0.4, -0.2) is 34.7 Å². The van der Waals surface area contributed by atoms with E-state index in [4.69, 9.17) is 0 Å². The second-order valence-corrected chi connectivity index (χ2v) is 8.12. The zero-order valence-electron chi connectivity index (χ0n) is 14.9. The van der Waals surface area contributed by atoms with Gasteiger partial charge >= 0.3 is 0 Å². The first kappa shape index (κ1) is 15.3. The van der Waals surface area contributed by atoms with Gasteiger partial charge in [-0.05, 0) is 80.6 Å². The summed E-state index contributed by atoms with van der Waals surface area (Å²) in [5.74, 6) is 1.65. The van der Waals surface area contributed by atoms with Gasteiger partial charge in [0, 0.05) is 23.3 Å². The summed E-state index contributed by atoms with van der Waals surface area (Å²) in [4.78, 5) is 2.63. The van der Waals surface area contributed by atoms with Gasteiger partial charge in [-0.1, -0.05) is 18.9 Å². The van der Waals surface area contributed by atoms with Crippen LogP contribution in [0.25, 0.3) is 0 Å². The van der Waals surface area contributed by atoms with E-state index >= 15 is 0 Å². The zero-order chi connectivity index (χ0) is 16.9. The third kappa shape index (κ3) is 2.38. The molecule has 2 aromatic rings. The van der Waals surface area contributed by atoms with E-state index in [1.54, 1.807) is 17.3 Å².